The minimum absolute atomic E-state index is 0. The molecule has 3 aromatic heterocycles. The number of fused-ring (bicyclic) bond motifs is 3. The molecule has 7 rings (SSSR count). The summed E-state index contributed by atoms with van der Waals surface area (Å²) in [5.74, 6) is 0.534. The van der Waals surface area contributed by atoms with Gasteiger partial charge in [0.25, 0.3) is 0 Å². The smallest absolute Gasteiger partial charge is 0.121 e. The average molecular weight is 893 g/mol. The number of aryl methyl sites for hydroxylation is 3. The van der Waals surface area contributed by atoms with Crippen molar-refractivity contribution in [2.45, 2.75) is 87.4 Å². The maximum atomic E-state index is 6.46. The van der Waals surface area contributed by atoms with E-state index < -0.39 is 8.07 Å². The van der Waals surface area contributed by atoms with Crippen LogP contribution in [0.5, 0.6) is 0 Å². The van der Waals surface area contributed by atoms with E-state index >= 15 is 0 Å². The second-order valence-corrected chi connectivity index (χ2v) is 21.9. The van der Waals surface area contributed by atoms with Crippen molar-refractivity contribution in [1.29, 1.82) is 0 Å². The van der Waals surface area contributed by atoms with Crippen LogP contribution in [0.4, 0.5) is 0 Å². The van der Waals surface area contributed by atoms with E-state index in [2.05, 4.69) is 159 Å². The van der Waals surface area contributed by atoms with Crippen LogP contribution in [0.15, 0.2) is 102 Å². The number of nitrogens with zero attached hydrogens (tertiary/aromatic N) is 2. The van der Waals surface area contributed by atoms with Crippen molar-refractivity contribution in [3.63, 3.8) is 0 Å². The molecule has 275 valence electrons. The predicted octanol–water partition coefficient (Wildman–Crippen LogP) is 12.8. The van der Waals surface area contributed by atoms with Crippen LogP contribution in [0.1, 0.15) is 68.4 Å². The Morgan fingerprint density at radius 2 is 1.45 bits per heavy atom. The van der Waals surface area contributed by atoms with Gasteiger partial charge in [0.1, 0.15) is 5.58 Å². The third kappa shape index (κ3) is 9.33. The summed E-state index contributed by atoms with van der Waals surface area (Å²) in [5, 5.41) is 3.70. The molecule has 0 unspecified atom stereocenters. The Balaban J connectivity index is 0.000000232. The van der Waals surface area contributed by atoms with E-state index in [1.165, 1.54) is 44.1 Å². The van der Waals surface area contributed by atoms with Crippen LogP contribution in [0.2, 0.25) is 19.6 Å². The number of benzene rings is 4. The Kier molecular flexibility index (Phi) is 12.1. The Morgan fingerprint density at radius 3 is 2.09 bits per heavy atom. The molecule has 0 aliphatic heterocycles. The molecule has 0 spiro atoms. The van der Waals surface area contributed by atoms with E-state index in [9.17, 15) is 0 Å². The first-order valence-corrected chi connectivity index (χ1v) is 22.0. The Bertz CT molecular complexity index is 2340. The van der Waals surface area contributed by atoms with Gasteiger partial charge in [-0.2, -0.15) is 0 Å². The van der Waals surface area contributed by atoms with Gasteiger partial charge in [0.05, 0.1) is 13.7 Å². The molecule has 3 heterocycles. The predicted molar refractivity (Wildman–Crippen MR) is 224 cm³/mol. The molecule has 53 heavy (non-hydrogen) atoms. The average Bonchev–Trinajstić information content (AvgIpc) is 3.46. The van der Waals surface area contributed by atoms with Gasteiger partial charge in [-0.15, -0.1) is 54.1 Å². The molecule has 0 saturated carbocycles. The van der Waals surface area contributed by atoms with Crippen LogP contribution >= 0.6 is 0 Å². The van der Waals surface area contributed by atoms with Gasteiger partial charge in [0.15, 0.2) is 0 Å². The van der Waals surface area contributed by atoms with Crippen LogP contribution in [0.3, 0.4) is 0 Å². The van der Waals surface area contributed by atoms with Crippen molar-refractivity contribution in [3.8, 4) is 33.6 Å². The fourth-order valence-electron chi connectivity index (χ4n) is 6.99. The molecular formula is C48H52IrN2OSi-2. The summed E-state index contributed by atoms with van der Waals surface area (Å²) < 4.78 is 6.46. The fraction of sp³-hybridized carbons (Fsp3) is 0.292. The van der Waals surface area contributed by atoms with Gasteiger partial charge in [-0.1, -0.05) is 130 Å². The zero-order chi connectivity index (χ0) is 37.4. The molecule has 0 N–H and O–H groups in total. The number of hydrogen-bond acceptors (Lipinski definition) is 3. The molecule has 4 aromatic carbocycles. The maximum absolute atomic E-state index is 6.46. The summed E-state index contributed by atoms with van der Waals surface area (Å²) >= 11 is 0. The second kappa shape index (κ2) is 16.1. The number of pyridine rings is 2. The van der Waals surface area contributed by atoms with Crippen molar-refractivity contribution in [3.05, 3.63) is 137 Å². The third-order valence-electron chi connectivity index (χ3n) is 9.53. The molecule has 0 amide bonds. The van der Waals surface area contributed by atoms with Gasteiger partial charge in [-0.05, 0) is 77.9 Å². The van der Waals surface area contributed by atoms with Crippen molar-refractivity contribution in [2.24, 2.45) is 5.41 Å². The molecule has 0 aliphatic rings. The van der Waals surface area contributed by atoms with Gasteiger partial charge in [0.2, 0.25) is 0 Å². The van der Waals surface area contributed by atoms with Crippen molar-refractivity contribution in [2.75, 3.05) is 0 Å². The van der Waals surface area contributed by atoms with E-state index in [4.69, 9.17) is 9.40 Å². The SMILES string of the molecule is CC(C)c1cc(-c2[c-]cccc2)ncc1[Si](C)(C)C.Cc1cc(C)cc(-c2ccc3c(c2)oc2c(-c4cc(CC(C)(C)C)c(C)cn4)[c-]ccc23)c1.[Ir]. The third-order valence-corrected chi connectivity index (χ3v) is 11.6. The number of furan rings is 1. The molecule has 3 nitrogen and oxygen atoms in total. The van der Waals surface area contributed by atoms with Gasteiger partial charge < -0.3 is 14.4 Å². The molecule has 0 saturated heterocycles. The first-order chi connectivity index (χ1) is 24.6. The summed E-state index contributed by atoms with van der Waals surface area (Å²) in [6.07, 6.45) is 5.07. The summed E-state index contributed by atoms with van der Waals surface area (Å²) in [4.78, 5) is 9.41. The molecule has 5 heteroatoms. The normalized spacial score (nSPS) is 11.8. The van der Waals surface area contributed by atoms with Crippen molar-refractivity contribution in [1.82, 2.24) is 9.97 Å². The quantitative estimate of drug-likeness (QED) is 0.123. The molecule has 1 radical (unpaired) electrons. The van der Waals surface area contributed by atoms with E-state index in [0.717, 1.165) is 50.9 Å². The zero-order valence-electron chi connectivity index (χ0n) is 33.2. The van der Waals surface area contributed by atoms with E-state index in [-0.39, 0.29) is 25.5 Å². The van der Waals surface area contributed by atoms with Gasteiger partial charge in [-0.25, -0.2) is 0 Å². The fourth-order valence-corrected chi connectivity index (χ4v) is 8.67. The summed E-state index contributed by atoms with van der Waals surface area (Å²) in [5.41, 5.74) is 14.8. The van der Waals surface area contributed by atoms with Crippen LogP contribution in [0, 0.1) is 38.3 Å². The topological polar surface area (TPSA) is 38.9 Å². The molecular weight excluding hydrogens is 841 g/mol. The van der Waals surface area contributed by atoms with Crippen LogP contribution in [0.25, 0.3) is 55.6 Å². The molecule has 0 fully saturated rings. The summed E-state index contributed by atoms with van der Waals surface area (Å²) in [6, 6.07) is 36.4. The van der Waals surface area contributed by atoms with E-state index in [0.29, 0.717) is 5.92 Å². The number of aromatic nitrogens is 2. The zero-order valence-corrected chi connectivity index (χ0v) is 36.6. The Hall–Kier alpha value is -4.15. The molecule has 7 aromatic rings. The molecule has 0 atom stereocenters. The van der Waals surface area contributed by atoms with E-state index in [1.54, 1.807) is 0 Å². The monoisotopic (exact) mass is 893 g/mol. The standard InChI is InChI=1S/C31H30NO.C17H22NSi.Ir/c1-19-12-20(2)14-23(13-19)22-10-11-25-26-8-7-9-27(30(26)33-29(25)16-22)28-15-24(17-31(4,5)6)21(3)18-32-28;1-13(2)15-11-16(14-9-7-6-8-10-14)18-12-17(15)19(3,4)5;/h7-8,10-16,18H,17H2,1-6H3;6-9,11-13H,1-5H3;/q2*-1;. The van der Waals surface area contributed by atoms with Crippen molar-refractivity contribution < 1.29 is 24.5 Å². The first-order valence-electron chi connectivity index (χ1n) is 18.5. The second-order valence-electron chi connectivity index (χ2n) is 16.9. The van der Waals surface area contributed by atoms with Gasteiger partial charge in [-0.3, -0.25) is 0 Å². The summed E-state index contributed by atoms with van der Waals surface area (Å²) in [6.45, 7) is 24.9. The van der Waals surface area contributed by atoms with Crippen LogP contribution in [-0.2, 0) is 26.5 Å². The first kappa shape index (κ1) is 40.0. The number of hydrogen-bond donors (Lipinski definition) is 0. The number of rotatable bonds is 6. The Labute approximate surface area is 331 Å². The van der Waals surface area contributed by atoms with Gasteiger partial charge in [0, 0.05) is 37.9 Å². The minimum atomic E-state index is -1.34. The largest absolute Gasteiger partial charge is 0.501 e. The summed E-state index contributed by atoms with van der Waals surface area (Å²) in [7, 11) is -1.34. The van der Waals surface area contributed by atoms with Crippen LogP contribution < -0.4 is 5.19 Å². The van der Waals surface area contributed by atoms with E-state index in [1.807, 2.05) is 30.5 Å². The maximum Gasteiger partial charge on any atom is 0.121 e. The van der Waals surface area contributed by atoms with Gasteiger partial charge >= 0.3 is 0 Å². The van der Waals surface area contributed by atoms with Crippen LogP contribution in [-0.4, -0.2) is 18.0 Å². The molecule has 0 bridgehead atoms. The minimum Gasteiger partial charge on any atom is -0.501 e. The molecule has 0 aliphatic carbocycles. The Morgan fingerprint density at radius 1 is 0.736 bits per heavy atom. The van der Waals surface area contributed by atoms with Crippen molar-refractivity contribution >= 4 is 35.2 Å².